The molecule has 1 aromatic carbocycles. The minimum absolute atomic E-state index is 0.472. The molecule has 2 atom stereocenters. The highest BCUT2D eigenvalue weighted by Crippen LogP contribution is 2.32. The Bertz CT molecular complexity index is 410. The van der Waals surface area contributed by atoms with Crippen LogP contribution in [0, 0.1) is 0 Å². The standard InChI is InChI=1S/C12H13Cl2NO/c13-9-2-1-8(10(14)5-9)6-15-4-3-11-12(7-15)16-11/h1-2,5,11-12H,3-4,6-7H2/t11-,12+/m0/s1. The molecule has 0 N–H and O–H groups in total. The third-order valence-electron chi connectivity index (χ3n) is 3.26. The molecular formula is C12H13Cl2NO. The molecule has 2 aliphatic rings. The zero-order chi connectivity index (χ0) is 11.1. The van der Waals surface area contributed by atoms with Crippen molar-refractivity contribution < 1.29 is 4.74 Å². The summed E-state index contributed by atoms with van der Waals surface area (Å²) in [6, 6.07) is 5.70. The minimum Gasteiger partial charge on any atom is -0.368 e. The number of hydrogen-bond donors (Lipinski definition) is 0. The van der Waals surface area contributed by atoms with E-state index in [0.717, 1.165) is 36.6 Å². The van der Waals surface area contributed by atoms with Crippen LogP contribution in [0.25, 0.3) is 0 Å². The molecule has 0 aliphatic carbocycles. The first-order valence-electron chi connectivity index (χ1n) is 5.54. The smallest absolute Gasteiger partial charge is 0.0969 e. The van der Waals surface area contributed by atoms with Crippen LogP contribution in [0.4, 0.5) is 0 Å². The van der Waals surface area contributed by atoms with E-state index in [1.165, 1.54) is 0 Å². The molecule has 0 spiro atoms. The largest absolute Gasteiger partial charge is 0.368 e. The molecule has 0 unspecified atom stereocenters. The van der Waals surface area contributed by atoms with E-state index in [-0.39, 0.29) is 0 Å². The van der Waals surface area contributed by atoms with Crippen LogP contribution in [-0.4, -0.2) is 30.2 Å². The van der Waals surface area contributed by atoms with Crippen LogP contribution in [0.15, 0.2) is 18.2 Å². The predicted octanol–water partition coefficient (Wildman–Crippen LogP) is 2.97. The summed E-state index contributed by atoms with van der Waals surface area (Å²) in [5.74, 6) is 0. The Hall–Kier alpha value is -0.280. The number of fused-ring (bicyclic) bond motifs is 1. The van der Waals surface area contributed by atoms with Gasteiger partial charge in [0.2, 0.25) is 0 Å². The van der Waals surface area contributed by atoms with Crippen molar-refractivity contribution in [3.63, 3.8) is 0 Å². The van der Waals surface area contributed by atoms with E-state index < -0.39 is 0 Å². The maximum atomic E-state index is 6.15. The summed E-state index contributed by atoms with van der Waals surface area (Å²) in [4.78, 5) is 2.39. The second-order valence-electron chi connectivity index (χ2n) is 4.47. The molecular weight excluding hydrogens is 245 g/mol. The molecule has 1 aromatic rings. The summed E-state index contributed by atoms with van der Waals surface area (Å²) in [7, 11) is 0. The summed E-state index contributed by atoms with van der Waals surface area (Å²) >= 11 is 12.0. The minimum atomic E-state index is 0.472. The summed E-state index contributed by atoms with van der Waals surface area (Å²) < 4.78 is 5.50. The number of benzene rings is 1. The Morgan fingerprint density at radius 1 is 1.31 bits per heavy atom. The molecule has 0 amide bonds. The van der Waals surface area contributed by atoms with Gasteiger partial charge in [0.25, 0.3) is 0 Å². The third-order valence-corrected chi connectivity index (χ3v) is 3.85. The van der Waals surface area contributed by atoms with Crippen LogP contribution >= 0.6 is 23.2 Å². The van der Waals surface area contributed by atoms with Crippen molar-refractivity contribution in [3.05, 3.63) is 33.8 Å². The summed E-state index contributed by atoms with van der Waals surface area (Å²) in [5.41, 5.74) is 1.14. The quantitative estimate of drug-likeness (QED) is 0.758. The van der Waals surface area contributed by atoms with Crippen LogP contribution in [0.3, 0.4) is 0 Å². The molecule has 0 radical (unpaired) electrons. The molecule has 4 heteroatoms. The van der Waals surface area contributed by atoms with Crippen LogP contribution in [0.1, 0.15) is 12.0 Å². The van der Waals surface area contributed by atoms with Gasteiger partial charge in [-0.3, -0.25) is 4.90 Å². The molecule has 2 fully saturated rings. The molecule has 2 saturated heterocycles. The highest BCUT2D eigenvalue weighted by atomic mass is 35.5. The first kappa shape index (κ1) is 10.8. The SMILES string of the molecule is Clc1ccc(CN2CC[C@@H]3O[C@@H]3C2)c(Cl)c1. The number of nitrogens with zero attached hydrogens (tertiary/aromatic N) is 1. The van der Waals surface area contributed by atoms with Gasteiger partial charge in [-0.2, -0.15) is 0 Å². The van der Waals surface area contributed by atoms with Gasteiger partial charge >= 0.3 is 0 Å². The molecule has 3 rings (SSSR count). The summed E-state index contributed by atoms with van der Waals surface area (Å²) in [6.45, 7) is 3.02. The normalized spacial score (nSPS) is 28.9. The first-order valence-corrected chi connectivity index (χ1v) is 6.30. The number of likely N-dealkylation sites (tertiary alicyclic amines) is 1. The van der Waals surface area contributed by atoms with E-state index in [0.29, 0.717) is 17.2 Å². The van der Waals surface area contributed by atoms with Crippen LogP contribution in [-0.2, 0) is 11.3 Å². The van der Waals surface area contributed by atoms with E-state index >= 15 is 0 Å². The Kier molecular flexibility index (Phi) is 2.84. The Morgan fingerprint density at radius 2 is 2.19 bits per heavy atom. The topological polar surface area (TPSA) is 15.8 Å². The molecule has 0 bridgehead atoms. The second-order valence-corrected chi connectivity index (χ2v) is 5.32. The molecule has 16 heavy (non-hydrogen) atoms. The monoisotopic (exact) mass is 257 g/mol. The van der Waals surface area contributed by atoms with E-state index in [1.54, 1.807) is 6.07 Å². The third kappa shape index (κ3) is 2.21. The number of halogens is 2. The lowest BCUT2D eigenvalue weighted by molar-refractivity contribution is 0.237. The maximum Gasteiger partial charge on any atom is 0.0969 e. The Labute approximate surface area is 105 Å². The number of ether oxygens (including phenoxy) is 1. The fraction of sp³-hybridized carbons (Fsp3) is 0.500. The van der Waals surface area contributed by atoms with Crippen LogP contribution < -0.4 is 0 Å². The Morgan fingerprint density at radius 3 is 2.94 bits per heavy atom. The van der Waals surface area contributed by atoms with Gasteiger partial charge in [0.1, 0.15) is 0 Å². The van der Waals surface area contributed by atoms with Gasteiger partial charge in [0.05, 0.1) is 12.2 Å². The fourth-order valence-corrected chi connectivity index (χ4v) is 2.75. The van der Waals surface area contributed by atoms with E-state index in [2.05, 4.69) is 4.90 Å². The second kappa shape index (κ2) is 4.19. The molecule has 0 aromatic heterocycles. The summed E-state index contributed by atoms with van der Waals surface area (Å²) in [5, 5.41) is 1.45. The van der Waals surface area contributed by atoms with E-state index in [9.17, 15) is 0 Å². The number of hydrogen-bond acceptors (Lipinski definition) is 2. The molecule has 2 heterocycles. The van der Waals surface area contributed by atoms with Crippen molar-refractivity contribution in [2.75, 3.05) is 13.1 Å². The van der Waals surface area contributed by atoms with E-state index in [1.807, 2.05) is 12.1 Å². The first-order chi connectivity index (χ1) is 7.72. The van der Waals surface area contributed by atoms with Crippen molar-refractivity contribution in [3.8, 4) is 0 Å². The zero-order valence-corrected chi connectivity index (χ0v) is 10.3. The highest BCUT2D eigenvalue weighted by Gasteiger charge is 2.43. The van der Waals surface area contributed by atoms with Gasteiger partial charge < -0.3 is 4.74 Å². The van der Waals surface area contributed by atoms with Gasteiger partial charge in [0.15, 0.2) is 0 Å². The number of rotatable bonds is 2. The number of epoxide rings is 1. The molecule has 2 aliphatic heterocycles. The lowest BCUT2D eigenvalue weighted by Crippen LogP contribution is -2.34. The highest BCUT2D eigenvalue weighted by molar-refractivity contribution is 6.35. The van der Waals surface area contributed by atoms with Crippen molar-refractivity contribution >= 4 is 23.2 Å². The van der Waals surface area contributed by atoms with Gasteiger partial charge in [-0.25, -0.2) is 0 Å². The number of piperidine rings is 1. The van der Waals surface area contributed by atoms with Crippen molar-refractivity contribution in [1.29, 1.82) is 0 Å². The van der Waals surface area contributed by atoms with Crippen molar-refractivity contribution in [1.82, 2.24) is 4.90 Å². The molecule has 2 nitrogen and oxygen atoms in total. The van der Waals surface area contributed by atoms with Crippen LogP contribution in [0.2, 0.25) is 10.0 Å². The lowest BCUT2D eigenvalue weighted by Gasteiger charge is -2.24. The van der Waals surface area contributed by atoms with E-state index in [4.69, 9.17) is 27.9 Å². The van der Waals surface area contributed by atoms with Gasteiger partial charge in [-0.1, -0.05) is 29.3 Å². The lowest BCUT2D eigenvalue weighted by atomic mass is 10.1. The van der Waals surface area contributed by atoms with Gasteiger partial charge in [-0.15, -0.1) is 0 Å². The average molecular weight is 258 g/mol. The molecule has 86 valence electrons. The predicted molar refractivity (Wildman–Crippen MR) is 65.0 cm³/mol. The van der Waals surface area contributed by atoms with Gasteiger partial charge in [0, 0.05) is 29.7 Å². The van der Waals surface area contributed by atoms with Crippen molar-refractivity contribution in [2.45, 2.75) is 25.2 Å². The van der Waals surface area contributed by atoms with Gasteiger partial charge in [-0.05, 0) is 24.1 Å². The molecule has 0 saturated carbocycles. The van der Waals surface area contributed by atoms with Crippen LogP contribution in [0.5, 0.6) is 0 Å². The maximum absolute atomic E-state index is 6.15. The Balaban J connectivity index is 1.68. The fourth-order valence-electron chi connectivity index (χ4n) is 2.28. The zero-order valence-electron chi connectivity index (χ0n) is 8.83. The van der Waals surface area contributed by atoms with Crippen molar-refractivity contribution in [2.24, 2.45) is 0 Å². The average Bonchev–Trinajstić information content (AvgIpc) is 3.00. The summed E-state index contributed by atoms with van der Waals surface area (Å²) in [6.07, 6.45) is 2.16.